The Bertz CT molecular complexity index is 89.3. The molecule has 0 aromatic carbocycles. The second-order valence-corrected chi connectivity index (χ2v) is 3.02. The van der Waals surface area contributed by atoms with Crippen molar-refractivity contribution in [3.8, 4) is 0 Å². The minimum Gasteiger partial charge on any atom is -0.271 e. The van der Waals surface area contributed by atoms with Crippen molar-refractivity contribution in [1.29, 1.82) is 0 Å². The van der Waals surface area contributed by atoms with Crippen molar-refractivity contribution in [2.45, 2.75) is 32.7 Å². The summed E-state index contributed by atoms with van der Waals surface area (Å²) in [7, 11) is 0. The van der Waals surface area contributed by atoms with Crippen LogP contribution in [0.15, 0.2) is 12.7 Å². The molecule has 0 aliphatic rings. The molecule has 0 bridgehead atoms. The summed E-state index contributed by atoms with van der Waals surface area (Å²) in [5.41, 5.74) is 2.76. The van der Waals surface area contributed by atoms with E-state index in [1.54, 1.807) is 0 Å². The maximum atomic E-state index is 5.31. The smallest absolute Gasteiger partial charge is 0.0247 e. The number of nitrogens with two attached hydrogens (primary N) is 1. The van der Waals surface area contributed by atoms with E-state index in [-0.39, 0.29) is 0 Å². The molecule has 0 aliphatic carbocycles. The third-order valence-corrected chi connectivity index (χ3v) is 1.44. The third kappa shape index (κ3) is 4.53. The van der Waals surface area contributed by atoms with Crippen LogP contribution in [0, 0.1) is 5.92 Å². The number of rotatable bonds is 5. The summed E-state index contributed by atoms with van der Waals surface area (Å²) >= 11 is 0. The predicted molar refractivity (Wildman–Crippen MR) is 45.4 cm³/mol. The molecule has 0 aliphatic heterocycles. The molecule has 2 heteroatoms. The highest BCUT2D eigenvalue weighted by Gasteiger charge is 2.05. The van der Waals surface area contributed by atoms with Gasteiger partial charge in [0.15, 0.2) is 0 Å². The van der Waals surface area contributed by atoms with Gasteiger partial charge in [0.1, 0.15) is 0 Å². The quantitative estimate of drug-likeness (QED) is 0.346. The molecule has 3 N–H and O–H groups in total. The lowest BCUT2D eigenvalue weighted by molar-refractivity contribution is 0.428. The van der Waals surface area contributed by atoms with Crippen LogP contribution in [0.4, 0.5) is 0 Å². The van der Waals surface area contributed by atoms with Crippen molar-refractivity contribution >= 4 is 0 Å². The van der Waals surface area contributed by atoms with E-state index >= 15 is 0 Å². The lowest BCUT2D eigenvalue weighted by Gasteiger charge is -2.15. The van der Waals surface area contributed by atoms with Gasteiger partial charge in [-0.05, 0) is 18.8 Å². The molecule has 2 nitrogen and oxygen atoms in total. The van der Waals surface area contributed by atoms with Gasteiger partial charge in [0.05, 0.1) is 0 Å². The van der Waals surface area contributed by atoms with Crippen molar-refractivity contribution in [3.63, 3.8) is 0 Å². The largest absolute Gasteiger partial charge is 0.271 e. The van der Waals surface area contributed by atoms with Gasteiger partial charge < -0.3 is 0 Å². The Labute approximate surface area is 63.5 Å². The maximum absolute atomic E-state index is 5.31. The van der Waals surface area contributed by atoms with Crippen LogP contribution in [-0.4, -0.2) is 6.04 Å². The summed E-state index contributed by atoms with van der Waals surface area (Å²) in [4.78, 5) is 0. The molecular weight excluding hydrogens is 124 g/mol. The Kier molecular flexibility index (Phi) is 5.26. The van der Waals surface area contributed by atoms with Gasteiger partial charge in [0.25, 0.3) is 0 Å². The Morgan fingerprint density at radius 1 is 1.60 bits per heavy atom. The Morgan fingerprint density at radius 2 is 2.20 bits per heavy atom. The fourth-order valence-electron chi connectivity index (χ4n) is 1.00. The van der Waals surface area contributed by atoms with Gasteiger partial charge in [-0.3, -0.25) is 11.3 Å². The molecule has 0 radical (unpaired) electrons. The van der Waals surface area contributed by atoms with Crippen molar-refractivity contribution in [3.05, 3.63) is 12.7 Å². The Hall–Kier alpha value is -0.340. The van der Waals surface area contributed by atoms with Gasteiger partial charge in [0, 0.05) is 6.04 Å². The lowest BCUT2D eigenvalue weighted by atomic mass is 10.0. The Morgan fingerprint density at radius 3 is 2.50 bits per heavy atom. The average Bonchev–Trinajstić information content (AvgIpc) is 1.86. The zero-order valence-corrected chi connectivity index (χ0v) is 6.93. The second kappa shape index (κ2) is 5.45. The number of nitrogens with one attached hydrogen (secondary N) is 1. The van der Waals surface area contributed by atoms with E-state index < -0.39 is 0 Å². The highest BCUT2D eigenvalue weighted by molar-refractivity contribution is 4.76. The Balaban J connectivity index is 3.48. The van der Waals surface area contributed by atoms with Crippen LogP contribution in [0.1, 0.15) is 26.7 Å². The standard InChI is InChI=1S/C8H18N2/c1-4-5-8(10-9)6-7(2)3/h4,7-8,10H,1,5-6,9H2,2-3H3. The molecule has 0 fully saturated rings. The monoisotopic (exact) mass is 142 g/mol. The molecular formula is C8H18N2. The molecule has 10 heavy (non-hydrogen) atoms. The van der Waals surface area contributed by atoms with E-state index in [1.165, 1.54) is 0 Å². The summed E-state index contributed by atoms with van der Waals surface area (Å²) in [5, 5.41) is 0. The van der Waals surface area contributed by atoms with Crippen molar-refractivity contribution in [2.24, 2.45) is 11.8 Å². The fraction of sp³-hybridized carbons (Fsp3) is 0.750. The van der Waals surface area contributed by atoms with E-state index in [1.807, 2.05) is 6.08 Å². The van der Waals surface area contributed by atoms with Gasteiger partial charge >= 0.3 is 0 Å². The minimum absolute atomic E-state index is 0.400. The summed E-state index contributed by atoms with van der Waals surface area (Å²) in [6.45, 7) is 8.04. The first-order valence-corrected chi connectivity index (χ1v) is 3.77. The molecule has 0 saturated heterocycles. The zero-order chi connectivity index (χ0) is 7.98. The molecule has 0 aromatic rings. The van der Waals surface area contributed by atoms with Gasteiger partial charge in [-0.25, -0.2) is 0 Å². The van der Waals surface area contributed by atoms with Crippen LogP contribution in [0.2, 0.25) is 0 Å². The predicted octanol–water partition coefficient (Wildman–Crippen LogP) is 1.44. The molecule has 0 saturated carbocycles. The van der Waals surface area contributed by atoms with Crippen molar-refractivity contribution in [2.75, 3.05) is 0 Å². The summed E-state index contributed by atoms with van der Waals surface area (Å²) in [5.74, 6) is 6.00. The number of hydrogen-bond donors (Lipinski definition) is 2. The first-order chi connectivity index (χ1) is 4.70. The first kappa shape index (κ1) is 9.66. The number of hydrazine groups is 1. The van der Waals surface area contributed by atoms with Gasteiger partial charge in [-0.2, -0.15) is 0 Å². The van der Waals surface area contributed by atoms with Crippen LogP contribution >= 0.6 is 0 Å². The van der Waals surface area contributed by atoms with E-state index in [0.29, 0.717) is 12.0 Å². The van der Waals surface area contributed by atoms with Gasteiger partial charge in [0.2, 0.25) is 0 Å². The van der Waals surface area contributed by atoms with Crippen LogP contribution < -0.4 is 11.3 Å². The summed E-state index contributed by atoms with van der Waals surface area (Å²) in [6, 6.07) is 0.400. The third-order valence-electron chi connectivity index (χ3n) is 1.44. The SMILES string of the molecule is C=CCC(CC(C)C)NN. The highest BCUT2D eigenvalue weighted by atomic mass is 15.2. The highest BCUT2D eigenvalue weighted by Crippen LogP contribution is 2.06. The van der Waals surface area contributed by atoms with Crippen LogP contribution in [0.25, 0.3) is 0 Å². The van der Waals surface area contributed by atoms with E-state index in [2.05, 4.69) is 25.9 Å². The number of hydrogen-bond acceptors (Lipinski definition) is 2. The lowest BCUT2D eigenvalue weighted by Crippen LogP contribution is -2.35. The topological polar surface area (TPSA) is 38.0 Å². The average molecular weight is 142 g/mol. The maximum Gasteiger partial charge on any atom is 0.0247 e. The normalized spacial score (nSPS) is 13.6. The molecule has 0 aromatic heterocycles. The molecule has 0 amide bonds. The molecule has 0 spiro atoms. The zero-order valence-electron chi connectivity index (χ0n) is 6.93. The van der Waals surface area contributed by atoms with Crippen molar-refractivity contribution in [1.82, 2.24) is 5.43 Å². The van der Waals surface area contributed by atoms with Gasteiger partial charge in [-0.1, -0.05) is 19.9 Å². The van der Waals surface area contributed by atoms with Crippen LogP contribution in [0.3, 0.4) is 0 Å². The molecule has 1 atom stereocenters. The van der Waals surface area contributed by atoms with Crippen LogP contribution in [0.5, 0.6) is 0 Å². The molecule has 0 heterocycles. The van der Waals surface area contributed by atoms with E-state index in [9.17, 15) is 0 Å². The summed E-state index contributed by atoms with van der Waals surface area (Å²) < 4.78 is 0. The van der Waals surface area contributed by atoms with Crippen molar-refractivity contribution < 1.29 is 0 Å². The molecule has 0 rings (SSSR count). The van der Waals surface area contributed by atoms with Crippen LogP contribution in [-0.2, 0) is 0 Å². The second-order valence-electron chi connectivity index (χ2n) is 3.02. The van der Waals surface area contributed by atoms with E-state index in [4.69, 9.17) is 5.84 Å². The van der Waals surface area contributed by atoms with E-state index in [0.717, 1.165) is 12.8 Å². The summed E-state index contributed by atoms with van der Waals surface area (Å²) in [6.07, 6.45) is 3.96. The minimum atomic E-state index is 0.400. The molecule has 1 unspecified atom stereocenters. The van der Waals surface area contributed by atoms with Gasteiger partial charge in [-0.15, -0.1) is 6.58 Å². The molecule has 60 valence electrons. The first-order valence-electron chi connectivity index (χ1n) is 3.77. The fourth-order valence-corrected chi connectivity index (χ4v) is 1.00.